The number of pyridine rings is 1. The van der Waals surface area contributed by atoms with Crippen molar-refractivity contribution >= 4 is 27.7 Å². The number of nitrogens with two attached hydrogens (primary N) is 1. The zero-order valence-corrected chi connectivity index (χ0v) is 8.63. The van der Waals surface area contributed by atoms with E-state index in [0.29, 0.717) is 16.5 Å². The van der Waals surface area contributed by atoms with Gasteiger partial charge in [0.15, 0.2) is 0 Å². The molecular weight excluding hydrogens is 236 g/mol. The van der Waals surface area contributed by atoms with Crippen LogP contribution < -0.4 is 5.73 Å². The SMILES string of the molecule is CCc1c(Br)cnc(N)c1C(=O)O. The largest absolute Gasteiger partial charge is 0.478 e. The van der Waals surface area contributed by atoms with Crippen molar-refractivity contribution in [2.24, 2.45) is 0 Å². The third-order valence-corrected chi connectivity index (χ3v) is 2.41. The Bertz CT molecular complexity index is 352. The molecule has 0 unspecified atom stereocenters. The lowest BCUT2D eigenvalue weighted by Crippen LogP contribution is -2.09. The topological polar surface area (TPSA) is 76.2 Å². The molecule has 13 heavy (non-hydrogen) atoms. The Morgan fingerprint density at radius 1 is 1.77 bits per heavy atom. The lowest BCUT2D eigenvalue weighted by molar-refractivity contribution is 0.0696. The second kappa shape index (κ2) is 3.74. The quantitative estimate of drug-likeness (QED) is 0.831. The van der Waals surface area contributed by atoms with Crippen molar-refractivity contribution in [3.63, 3.8) is 0 Å². The van der Waals surface area contributed by atoms with Crippen LogP contribution in [0.25, 0.3) is 0 Å². The third-order valence-electron chi connectivity index (χ3n) is 1.73. The molecule has 1 rings (SSSR count). The Kier molecular flexibility index (Phi) is 2.87. The van der Waals surface area contributed by atoms with E-state index in [0.717, 1.165) is 0 Å². The summed E-state index contributed by atoms with van der Waals surface area (Å²) in [7, 11) is 0. The predicted molar refractivity (Wildman–Crippen MR) is 52.7 cm³/mol. The van der Waals surface area contributed by atoms with Crippen LogP contribution in [0.1, 0.15) is 22.8 Å². The van der Waals surface area contributed by atoms with Gasteiger partial charge in [0.25, 0.3) is 0 Å². The molecule has 0 fully saturated rings. The van der Waals surface area contributed by atoms with Gasteiger partial charge in [-0.25, -0.2) is 9.78 Å². The monoisotopic (exact) mass is 244 g/mol. The van der Waals surface area contributed by atoms with E-state index in [2.05, 4.69) is 20.9 Å². The number of hydrogen-bond acceptors (Lipinski definition) is 3. The molecule has 1 heterocycles. The minimum atomic E-state index is -1.04. The molecule has 0 aliphatic heterocycles. The molecule has 0 atom stereocenters. The van der Waals surface area contributed by atoms with Crippen molar-refractivity contribution < 1.29 is 9.90 Å². The van der Waals surface area contributed by atoms with Gasteiger partial charge in [-0.2, -0.15) is 0 Å². The number of rotatable bonds is 2. The number of anilines is 1. The number of carboxylic acid groups (broad SMARTS) is 1. The van der Waals surface area contributed by atoms with Gasteiger partial charge in [-0.1, -0.05) is 6.92 Å². The van der Waals surface area contributed by atoms with Crippen LogP contribution in [0.5, 0.6) is 0 Å². The smallest absolute Gasteiger partial charge is 0.339 e. The molecule has 3 N–H and O–H groups in total. The molecule has 0 aliphatic carbocycles. The zero-order valence-electron chi connectivity index (χ0n) is 7.04. The van der Waals surface area contributed by atoms with Gasteiger partial charge in [-0.05, 0) is 27.9 Å². The van der Waals surface area contributed by atoms with Crippen molar-refractivity contribution in [1.29, 1.82) is 0 Å². The molecule has 70 valence electrons. The Morgan fingerprint density at radius 2 is 2.38 bits per heavy atom. The average Bonchev–Trinajstić information content (AvgIpc) is 2.07. The third kappa shape index (κ3) is 1.80. The molecule has 5 heteroatoms. The minimum absolute atomic E-state index is 0.0625. The van der Waals surface area contributed by atoms with Gasteiger partial charge in [0, 0.05) is 10.7 Å². The molecule has 0 aliphatic rings. The first-order valence-electron chi connectivity index (χ1n) is 3.74. The normalized spacial score (nSPS) is 10.0. The summed E-state index contributed by atoms with van der Waals surface area (Å²) in [5.74, 6) is -0.976. The van der Waals surface area contributed by atoms with E-state index in [-0.39, 0.29) is 11.4 Å². The number of nitrogen functional groups attached to an aromatic ring is 1. The van der Waals surface area contributed by atoms with Crippen LogP contribution in [-0.2, 0) is 6.42 Å². The summed E-state index contributed by atoms with van der Waals surface area (Å²) in [6.07, 6.45) is 2.12. The van der Waals surface area contributed by atoms with Crippen molar-refractivity contribution in [3.8, 4) is 0 Å². The lowest BCUT2D eigenvalue weighted by Gasteiger charge is -2.07. The minimum Gasteiger partial charge on any atom is -0.478 e. The van der Waals surface area contributed by atoms with E-state index in [4.69, 9.17) is 10.8 Å². The number of nitrogens with zero attached hydrogens (tertiary/aromatic N) is 1. The van der Waals surface area contributed by atoms with Crippen LogP contribution >= 0.6 is 15.9 Å². The van der Waals surface area contributed by atoms with Gasteiger partial charge in [0.2, 0.25) is 0 Å². The van der Waals surface area contributed by atoms with Gasteiger partial charge in [0.1, 0.15) is 11.4 Å². The number of aromatic carboxylic acids is 1. The first-order valence-corrected chi connectivity index (χ1v) is 4.53. The molecule has 0 aromatic carbocycles. The summed E-state index contributed by atoms with van der Waals surface area (Å²) in [6.45, 7) is 1.87. The highest BCUT2D eigenvalue weighted by atomic mass is 79.9. The van der Waals surface area contributed by atoms with Crippen LogP contribution in [0, 0.1) is 0 Å². The standard InChI is InChI=1S/C8H9BrN2O2/c1-2-4-5(9)3-11-7(10)6(4)8(12)13/h3H,2H2,1H3,(H2,10,11)(H,12,13). The number of halogens is 1. The summed E-state index contributed by atoms with van der Waals surface area (Å²) in [4.78, 5) is 14.6. The molecule has 0 saturated carbocycles. The number of carboxylic acids is 1. The Morgan fingerprint density at radius 3 is 2.77 bits per heavy atom. The van der Waals surface area contributed by atoms with Crippen LogP contribution in [0.4, 0.5) is 5.82 Å². The first kappa shape index (κ1) is 9.98. The molecule has 0 spiro atoms. The molecular formula is C8H9BrN2O2. The molecule has 0 bridgehead atoms. The van der Waals surface area contributed by atoms with Crippen LogP contribution in [0.3, 0.4) is 0 Å². The van der Waals surface area contributed by atoms with E-state index in [1.807, 2.05) is 6.92 Å². The highest BCUT2D eigenvalue weighted by molar-refractivity contribution is 9.10. The van der Waals surface area contributed by atoms with E-state index < -0.39 is 5.97 Å². The second-order valence-corrected chi connectivity index (χ2v) is 3.36. The van der Waals surface area contributed by atoms with Crippen molar-refractivity contribution in [2.75, 3.05) is 5.73 Å². The van der Waals surface area contributed by atoms with Crippen molar-refractivity contribution in [2.45, 2.75) is 13.3 Å². The van der Waals surface area contributed by atoms with E-state index >= 15 is 0 Å². The maximum Gasteiger partial charge on any atom is 0.339 e. The van der Waals surface area contributed by atoms with E-state index in [9.17, 15) is 4.79 Å². The molecule has 1 aromatic heterocycles. The van der Waals surface area contributed by atoms with E-state index in [1.165, 1.54) is 6.20 Å². The number of carbonyl (C=O) groups is 1. The zero-order chi connectivity index (χ0) is 10.0. The van der Waals surface area contributed by atoms with Crippen LogP contribution in [0.2, 0.25) is 0 Å². The fraction of sp³-hybridized carbons (Fsp3) is 0.250. The van der Waals surface area contributed by atoms with Crippen molar-refractivity contribution in [1.82, 2.24) is 4.98 Å². The Labute approximate surface area is 83.9 Å². The summed E-state index contributed by atoms with van der Waals surface area (Å²) in [5.41, 5.74) is 6.23. The molecule has 0 saturated heterocycles. The maximum absolute atomic E-state index is 10.8. The highest BCUT2D eigenvalue weighted by Gasteiger charge is 2.16. The van der Waals surface area contributed by atoms with Crippen LogP contribution in [0.15, 0.2) is 10.7 Å². The van der Waals surface area contributed by atoms with Gasteiger partial charge < -0.3 is 10.8 Å². The maximum atomic E-state index is 10.8. The summed E-state index contributed by atoms with van der Waals surface area (Å²) in [6, 6.07) is 0. The number of aromatic nitrogens is 1. The van der Waals surface area contributed by atoms with Gasteiger partial charge in [-0.3, -0.25) is 0 Å². The summed E-state index contributed by atoms with van der Waals surface area (Å²) in [5, 5.41) is 8.86. The molecule has 0 radical (unpaired) electrons. The lowest BCUT2D eigenvalue weighted by atomic mass is 10.1. The van der Waals surface area contributed by atoms with Crippen molar-refractivity contribution in [3.05, 3.63) is 21.8 Å². The second-order valence-electron chi connectivity index (χ2n) is 2.50. The Hall–Kier alpha value is -1.10. The summed E-state index contributed by atoms with van der Waals surface area (Å²) < 4.78 is 0.682. The average molecular weight is 245 g/mol. The van der Waals surface area contributed by atoms with Gasteiger partial charge >= 0.3 is 5.97 Å². The Balaban J connectivity index is 3.43. The number of hydrogen-bond donors (Lipinski definition) is 2. The van der Waals surface area contributed by atoms with Crippen LogP contribution in [-0.4, -0.2) is 16.1 Å². The predicted octanol–water partition coefficient (Wildman–Crippen LogP) is 1.69. The van der Waals surface area contributed by atoms with E-state index in [1.54, 1.807) is 0 Å². The fourth-order valence-corrected chi connectivity index (χ4v) is 1.71. The molecule has 1 aromatic rings. The highest BCUT2D eigenvalue weighted by Crippen LogP contribution is 2.23. The van der Waals surface area contributed by atoms with Gasteiger partial charge in [-0.15, -0.1) is 0 Å². The first-order chi connectivity index (χ1) is 6.07. The molecule has 0 amide bonds. The van der Waals surface area contributed by atoms with Gasteiger partial charge in [0.05, 0.1) is 0 Å². The molecule has 4 nitrogen and oxygen atoms in total. The fourth-order valence-electron chi connectivity index (χ4n) is 1.13. The summed E-state index contributed by atoms with van der Waals surface area (Å²) >= 11 is 3.23.